The third-order valence-corrected chi connectivity index (χ3v) is 6.67. The Morgan fingerprint density at radius 3 is 2.69 bits per heavy atom. The van der Waals surface area contributed by atoms with Gasteiger partial charge in [-0.3, -0.25) is 14.6 Å². The Morgan fingerprint density at radius 2 is 1.97 bits per heavy atom. The van der Waals surface area contributed by atoms with Gasteiger partial charge in [-0.1, -0.05) is 36.4 Å². The highest BCUT2D eigenvalue weighted by atomic mass is 16.2. The lowest BCUT2D eigenvalue weighted by molar-refractivity contribution is -0.136. The molecule has 0 spiro atoms. The molecule has 0 saturated carbocycles. The van der Waals surface area contributed by atoms with Crippen LogP contribution in [0.15, 0.2) is 60.9 Å². The SMILES string of the molecule is CC(C)NC(=O)[C@]1(Cc2cccc(-c3ccncc3)c2)CCN(C(=O)[C@@H]2CC=CCC2)C1. The Balaban J connectivity index is 1.57. The maximum Gasteiger partial charge on any atom is 0.228 e. The lowest BCUT2D eigenvalue weighted by Crippen LogP contribution is -2.47. The molecule has 4 rings (SSSR count). The van der Waals surface area contributed by atoms with E-state index >= 15 is 0 Å². The highest BCUT2D eigenvalue weighted by Gasteiger charge is 2.46. The highest BCUT2D eigenvalue weighted by Crippen LogP contribution is 2.37. The first-order valence-corrected chi connectivity index (χ1v) is 11.7. The van der Waals surface area contributed by atoms with Crippen LogP contribution in [0.1, 0.15) is 45.1 Å². The van der Waals surface area contributed by atoms with Crippen LogP contribution >= 0.6 is 0 Å². The minimum absolute atomic E-state index is 0.0546. The molecule has 2 amide bonds. The summed E-state index contributed by atoms with van der Waals surface area (Å²) in [7, 11) is 0. The molecule has 1 aromatic carbocycles. The smallest absolute Gasteiger partial charge is 0.228 e. The van der Waals surface area contributed by atoms with Crippen molar-refractivity contribution in [1.82, 2.24) is 15.2 Å². The fourth-order valence-corrected chi connectivity index (χ4v) is 4.96. The number of hydrogen-bond donors (Lipinski definition) is 1. The van der Waals surface area contributed by atoms with E-state index in [1.165, 1.54) is 0 Å². The minimum atomic E-state index is -0.596. The summed E-state index contributed by atoms with van der Waals surface area (Å²) in [4.78, 5) is 32.6. The fraction of sp³-hybridized carbons (Fsp3) is 0.444. The third-order valence-electron chi connectivity index (χ3n) is 6.67. The van der Waals surface area contributed by atoms with Gasteiger partial charge in [0.15, 0.2) is 0 Å². The maximum atomic E-state index is 13.4. The van der Waals surface area contributed by atoms with Crippen LogP contribution in [0, 0.1) is 11.3 Å². The standard InChI is InChI=1S/C27H33N3O2/c1-20(2)29-26(32)27(13-16-30(19-27)25(31)23-8-4-3-5-9-23)18-21-7-6-10-24(17-21)22-11-14-28-15-12-22/h3-4,6-7,10-12,14-15,17,20,23H,5,8-9,13,16,18-19H2,1-2H3,(H,29,32)/t23-,27+/m1/s1. The van der Waals surface area contributed by atoms with Crippen LogP contribution in [-0.4, -0.2) is 40.8 Å². The average molecular weight is 432 g/mol. The monoisotopic (exact) mass is 431 g/mol. The zero-order valence-corrected chi connectivity index (χ0v) is 19.1. The molecule has 2 atom stereocenters. The van der Waals surface area contributed by atoms with Crippen LogP contribution in [0.2, 0.25) is 0 Å². The van der Waals surface area contributed by atoms with Gasteiger partial charge in [-0.25, -0.2) is 0 Å². The number of carbonyl (C=O) groups excluding carboxylic acids is 2. The molecule has 168 valence electrons. The van der Waals surface area contributed by atoms with Crippen molar-refractivity contribution in [3.63, 3.8) is 0 Å². The first kappa shape index (κ1) is 22.3. The number of rotatable bonds is 6. The second kappa shape index (κ2) is 9.68. The predicted molar refractivity (Wildman–Crippen MR) is 127 cm³/mol. The number of nitrogens with zero attached hydrogens (tertiary/aromatic N) is 2. The molecule has 1 aliphatic carbocycles. The Kier molecular flexibility index (Phi) is 6.73. The topological polar surface area (TPSA) is 62.3 Å². The van der Waals surface area contributed by atoms with Gasteiger partial charge in [0, 0.05) is 37.4 Å². The van der Waals surface area contributed by atoms with Gasteiger partial charge >= 0.3 is 0 Å². The van der Waals surface area contributed by atoms with Crippen LogP contribution in [0.25, 0.3) is 11.1 Å². The lowest BCUT2D eigenvalue weighted by Gasteiger charge is -2.31. The van der Waals surface area contributed by atoms with E-state index in [4.69, 9.17) is 0 Å². The molecule has 1 aromatic heterocycles. The molecule has 5 nitrogen and oxygen atoms in total. The second-order valence-electron chi connectivity index (χ2n) is 9.51. The van der Waals surface area contributed by atoms with Crippen molar-refractivity contribution >= 4 is 11.8 Å². The van der Waals surface area contributed by atoms with Gasteiger partial charge in [-0.05, 0) is 74.8 Å². The molecule has 0 bridgehead atoms. The van der Waals surface area contributed by atoms with E-state index in [1.807, 2.05) is 36.9 Å². The fourth-order valence-electron chi connectivity index (χ4n) is 4.96. The molecule has 2 heterocycles. The minimum Gasteiger partial charge on any atom is -0.353 e. The highest BCUT2D eigenvalue weighted by molar-refractivity contribution is 5.86. The Labute approximate surface area is 190 Å². The van der Waals surface area contributed by atoms with Gasteiger partial charge < -0.3 is 10.2 Å². The number of nitrogens with one attached hydrogen (secondary N) is 1. The van der Waals surface area contributed by atoms with E-state index in [2.05, 4.69) is 40.7 Å². The summed E-state index contributed by atoms with van der Waals surface area (Å²) < 4.78 is 0. The predicted octanol–water partition coefficient (Wildman–Crippen LogP) is 4.39. The molecule has 0 unspecified atom stereocenters. The van der Waals surface area contributed by atoms with Gasteiger partial charge in [0.2, 0.25) is 11.8 Å². The lowest BCUT2D eigenvalue weighted by atomic mass is 9.79. The molecule has 1 saturated heterocycles. The van der Waals surface area contributed by atoms with E-state index in [-0.39, 0.29) is 23.8 Å². The van der Waals surface area contributed by atoms with Gasteiger partial charge in [-0.2, -0.15) is 0 Å². The van der Waals surface area contributed by atoms with Crippen molar-refractivity contribution < 1.29 is 9.59 Å². The Hall–Kier alpha value is -2.95. The number of likely N-dealkylation sites (tertiary alicyclic amines) is 1. The average Bonchev–Trinajstić information content (AvgIpc) is 3.25. The molecule has 2 aromatic rings. The zero-order chi connectivity index (χ0) is 22.6. The van der Waals surface area contributed by atoms with Gasteiger partial charge in [-0.15, -0.1) is 0 Å². The quantitative estimate of drug-likeness (QED) is 0.690. The van der Waals surface area contributed by atoms with Gasteiger partial charge in [0.25, 0.3) is 0 Å². The molecule has 1 aliphatic heterocycles. The Bertz CT molecular complexity index is 985. The number of pyridine rings is 1. The van der Waals surface area contributed by atoms with Crippen molar-refractivity contribution in [1.29, 1.82) is 0 Å². The van der Waals surface area contributed by atoms with E-state index in [0.717, 1.165) is 36.0 Å². The largest absolute Gasteiger partial charge is 0.353 e. The summed E-state index contributed by atoms with van der Waals surface area (Å²) in [5, 5.41) is 3.13. The Morgan fingerprint density at radius 1 is 1.16 bits per heavy atom. The molecular weight excluding hydrogens is 398 g/mol. The first-order valence-electron chi connectivity index (χ1n) is 11.7. The number of hydrogen-bond acceptors (Lipinski definition) is 3. The third kappa shape index (κ3) is 4.93. The van der Waals surface area contributed by atoms with Gasteiger partial charge in [0.1, 0.15) is 0 Å². The van der Waals surface area contributed by atoms with E-state index < -0.39 is 5.41 Å². The van der Waals surface area contributed by atoms with Crippen molar-refractivity contribution in [2.24, 2.45) is 11.3 Å². The molecule has 2 aliphatic rings. The molecule has 32 heavy (non-hydrogen) atoms. The van der Waals surface area contributed by atoms with Crippen LogP contribution in [0.5, 0.6) is 0 Å². The summed E-state index contributed by atoms with van der Waals surface area (Å²) >= 11 is 0. The summed E-state index contributed by atoms with van der Waals surface area (Å²) in [6.07, 6.45) is 11.9. The summed E-state index contributed by atoms with van der Waals surface area (Å²) in [6, 6.07) is 12.4. The molecule has 1 N–H and O–H groups in total. The zero-order valence-electron chi connectivity index (χ0n) is 19.1. The van der Waals surface area contributed by atoms with Crippen molar-refractivity contribution in [2.75, 3.05) is 13.1 Å². The van der Waals surface area contributed by atoms with E-state index in [0.29, 0.717) is 25.9 Å². The normalized spacial score (nSPS) is 22.8. The number of carbonyl (C=O) groups is 2. The molecule has 5 heteroatoms. The maximum absolute atomic E-state index is 13.4. The van der Waals surface area contributed by atoms with Gasteiger partial charge in [0.05, 0.1) is 5.41 Å². The van der Waals surface area contributed by atoms with Crippen molar-refractivity contribution in [3.8, 4) is 11.1 Å². The molecule has 0 radical (unpaired) electrons. The van der Waals surface area contributed by atoms with E-state index in [1.54, 1.807) is 12.4 Å². The summed E-state index contributed by atoms with van der Waals surface area (Å²) in [5.41, 5.74) is 2.75. The second-order valence-corrected chi connectivity index (χ2v) is 9.51. The van der Waals surface area contributed by atoms with Crippen LogP contribution < -0.4 is 5.32 Å². The number of benzene rings is 1. The number of aromatic nitrogens is 1. The van der Waals surface area contributed by atoms with E-state index in [9.17, 15) is 9.59 Å². The number of amides is 2. The van der Waals surface area contributed by atoms with Crippen LogP contribution in [-0.2, 0) is 16.0 Å². The van der Waals surface area contributed by atoms with Crippen molar-refractivity contribution in [3.05, 3.63) is 66.5 Å². The molecular formula is C27H33N3O2. The van der Waals surface area contributed by atoms with Crippen molar-refractivity contribution in [2.45, 2.75) is 52.0 Å². The molecule has 1 fully saturated rings. The first-order chi connectivity index (χ1) is 15.5. The van der Waals surface area contributed by atoms with Crippen LogP contribution in [0.4, 0.5) is 0 Å². The van der Waals surface area contributed by atoms with Crippen LogP contribution in [0.3, 0.4) is 0 Å². The summed E-state index contributed by atoms with van der Waals surface area (Å²) in [5.74, 6) is 0.318. The number of allylic oxidation sites excluding steroid dienone is 2. The summed E-state index contributed by atoms with van der Waals surface area (Å²) in [6.45, 7) is 5.11.